The Morgan fingerprint density at radius 3 is 1.58 bits per heavy atom. The minimum absolute atomic E-state index is 1.09. The van der Waals surface area contributed by atoms with Crippen LogP contribution in [-0.2, 0) is 0 Å². The first-order valence-electron chi connectivity index (χ1n) is 18.9. The van der Waals surface area contributed by atoms with Crippen LogP contribution >= 0.6 is 0 Å². The zero-order chi connectivity index (χ0) is 36.6. The third-order valence-electron chi connectivity index (χ3n) is 10.8. The predicted molar refractivity (Wildman–Crippen MR) is 235 cm³/mol. The van der Waals surface area contributed by atoms with Crippen LogP contribution in [0.5, 0.6) is 0 Å². The van der Waals surface area contributed by atoms with Gasteiger partial charge in [0.15, 0.2) is 0 Å². The number of nitrogens with zero attached hydrogens (tertiary/aromatic N) is 1. The Labute approximate surface area is 322 Å². The molecule has 10 rings (SSSR count). The van der Waals surface area contributed by atoms with E-state index in [0.29, 0.717) is 0 Å². The average Bonchev–Trinajstić information content (AvgIpc) is 3.27. The Bertz CT molecular complexity index is 2960. The molecule has 0 fully saturated rings. The largest absolute Gasteiger partial charge is 0.310 e. The van der Waals surface area contributed by atoms with Gasteiger partial charge in [-0.2, -0.15) is 0 Å². The zero-order valence-electron chi connectivity index (χ0n) is 30.3. The van der Waals surface area contributed by atoms with Crippen LogP contribution in [0, 0.1) is 0 Å². The summed E-state index contributed by atoms with van der Waals surface area (Å²) in [5.41, 5.74) is 12.8. The highest BCUT2D eigenvalue weighted by Gasteiger charge is 2.23. The lowest BCUT2D eigenvalue weighted by Crippen LogP contribution is -2.12. The van der Waals surface area contributed by atoms with E-state index in [1.165, 1.54) is 76.8 Å². The minimum Gasteiger partial charge on any atom is -0.310 e. The van der Waals surface area contributed by atoms with Crippen LogP contribution in [-0.4, -0.2) is 0 Å². The van der Waals surface area contributed by atoms with E-state index in [-0.39, 0.29) is 0 Å². The van der Waals surface area contributed by atoms with E-state index >= 15 is 0 Å². The molecule has 10 aromatic rings. The molecule has 0 aliphatic carbocycles. The van der Waals surface area contributed by atoms with E-state index in [0.717, 1.165) is 17.1 Å². The van der Waals surface area contributed by atoms with Gasteiger partial charge in [0, 0.05) is 16.9 Å². The Balaban J connectivity index is 1.22. The van der Waals surface area contributed by atoms with Crippen LogP contribution < -0.4 is 4.90 Å². The Morgan fingerprint density at radius 2 is 0.800 bits per heavy atom. The molecule has 0 radical (unpaired) electrons. The number of fused-ring (bicyclic) bond motifs is 4. The number of hydrogen-bond donors (Lipinski definition) is 0. The first kappa shape index (κ1) is 32.4. The Morgan fingerprint density at radius 1 is 0.255 bits per heavy atom. The fourth-order valence-corrected chi connectivity index (χ4v) is 8.18. The number of benzene rings is 10. The van der Waals surface area contributed by atoms with Crippen molar-refractivity contribution < 1.29 is 0 Å². The Hall–Kier alpha value is -7.22. The Kier molecular flexibility index (Phi) is 8.24. The molecule has 0 heterocycles. The molecular formula is C54H37N. The molecule has 0 atom stereocenters. The predicted octanol–water partition coefficient (Wildman–Crippen LogP) is 15.3. The summed E-state index contributed by atoms with van der Waals surface area (Å²) in [5, 5.41) is 7.47. The van der Waals surface area contributed by atoms with Crippen molar-refractivity contribution in [3.05, 3.63) is 224 Å². The van der Waals surface area contributed by atoms with E-state index in [2.05, 4.69) is 229 Å². The van der Waals surface area contributed by atoms with Gasteiger partial charge in [0.1, 0.15) is 0 Å². The van der Waals surface area contributed by atoms with Gasteiger partial charge in [-0.1, -0.05) is 188 Å². The van der Waals surface area contributed by atoms with Gasteiger partial charge in [-0.15, -0.1) is 0 Å². The van der Waals surface area contributed by atoms with Crippen molar-refractivity contribution in [1.82, 2.24) is 0 Å². The van der Waals surface area contributed by atoms with Gasteiger partial charge >= 0.3 is 0 Å². The summed E-state index contributed by atoms with van der Waals surface area (Å²) in [4.78, 5) is 2.45. The van der Waals surface area contributed by atoms with Crippen molar-refractivity contribution in [1.29, 1.82) is 0 Å². The molecule has 258 valence electrons. The average molecular weight is 700 g/mol. The van der Waals surface area contributed by atoms with Crippen molar-refractivity contribution in [3.63, 3.8) is 0 Å². The van der Waals surface area contributed by atoms with Crippen LogP contribution in [0.1, 0.15) is 0 Å². The molecule has 0 amide bonds. The van der Waals surface area contributed by atoms with E-state index < -0.39 is 0 Å². The normalized spacial score (nSPS) is 11.3. The van der Waals surface area contributed by atoms with Crippen molar-refractivity contribution >= 4 is 49.4 Å². The summed E-state index contributed by atoms with van der Waals surface area (Å²) in [5.74, 6) is 0. The fraction of sp³-hybridized carbons (Fsp3) is 0. The van der Waals surface area contributed by atoms with Gasteiger partial charge in [0.2, 0.25) is 0 Å². The van der Waals surface area contributed by atoms with Crippen molar-refractivity contribution in [2.24, 2.45) is 0 Å². The number of anilines is 3. The molecule has 0 N–H and O–H groups in total. The second-order valence-electron chi connectivity index (χ2n) is 14.1. The summed E-state index contributed by atoms with van der Waals surface area (Å²) >= 11 is 0. The van der Waals surface area contributed by atoms with E-state index in [1.54, 1.807) is 0 Å². The third kappa shape index (κ3) is 6.02. The maximum atomic E-state index is 2.45. The molecule has 10 aromatic carbocycles. The second kappa shape index (κ2) is 14.0. The van der Waals surface area contributed by atoms with Crippen LogP contribution in [0.2, 0.25) is 0 Å². The van der Waals surface area contributed by atoms with Crippen molar-refractivity contribution in [3.8, 4) is 44.5 Å². The van der Waals surface area contributed by atoms with Gasteiger partial charge in [-0.25, -0.2) is 0 Å². The van der Waals surface area contributed by atoms with Gasteiger partial charge in [0.25, 0.3) is 0 Å². The van der Waals surface area contributed by atoms with Crippen LogP contribution in [0.25, 0.3) is 76.8 Å². The molecule has 0 aliphatic heterocycles. The highest BCUT2D eigenvalue weighted by molar-refractivity contribution is 6.09. The zero-order valence-corrected chi connectivity index (χ0v) is 30.3. The van der Waals surface area contributed by atoms with E-state index in [9.17, 15) is 0 Å². The lowest BCUT2D eigenvalue weighted by molar-refractivity contribution is 1.29. The van der Waals surface area contributed by atoms with Gasteiger partial charge < -0.3 is 4.90 Å². The summed E-state index contributed by atoms with van der Waals surface area (Å²) < 4.78 is 0. The first-order valence-corrected chi connectivity index (χ1v) is 18.9. The van der Waals surface area contributed by atoms with E-state index in [1.807, 2.05) is 0 Å². The molecule has 1 heteroatoms. The van der Waals surface area contributed by atoms with Crippen LogP contribution in [0.15, 0.2) is 224 Å². The quantitative estimate of drug-likeness (QED) is 0.150. The topological polar surface area (TPSA) is 3.24 Å². The SMILES string of the molecule is c1ccc(-c2ccccc2-c2c(-c3ccccc3)cccc2N(c2ccc(-c3ccc4ccccc4c3)cc2)c2ccc3c(ccc4ccccc43)c2)cc1. The summed E-state index contributed by atoms with van der Waals surface area (Å²) in [7, 11) is 0. The van der Waals surface area contributed by atoms with Gasteiger partial charge in [0.05, 0.1) is 5.69 Å². The molecular weight excluding hydrogens is 663 g/mol. The number of rotatable bonds is 7. The smallest absolute Gasteiger partial charge is 0.0546 e. The molecule has 0 unspecified atom stereocenters. The minimum atomic E-state index is 1.09. The molecule has 0 saturated carbocycles. The third-order valence-corrected chi connectivity index (χ3v) is 10.8. The fourth-order valence-electron chi connectivity index (χ4n) is 8.18. The second-order valence-corrected chi connectivity index (χ2v) is 14.1. The number of hydrogen-bond acceptors (Lipinski definition) is 1. The molecule has 55 heavy (non-hydrogen) atoms. The highest BCUT2D eigenvalue weighted by Crippen LogP contribution is 2.48. The molecule has 0 bridgehead atoms. The highest BCUT2D eigenvalue weighted by atomic mass is 15.1. The molecule has 0 saturated heterocycles. The molecule has 0 aromatic heterocycles. The molecule has 1 nitrogen and oxygen atoms in total. The van der Waals surface area contributed by atoms with Crippen molar-refractivity contribution in [2.75, 3.05) is 4.90 Å². The van der Waals surface area contributed by atoms with Crippen LogP contribution in [0.3, 0.4) is 0 Å². The maximum Gasteiger partial charge on any atom is 0.0546 e. The van der Waals surface area contributed by atoms with Crippen molar-refractivity contribution in [2.45, 2.75) is 0 Å². The van der Waals surface area contributed by atoms with Crippen LogP contribution in [0.4, 0.5) is 17.1 Å². The monoisotopic (exact) mass is 699 g/mol. The van der Waals surface area contributed by atoms with E-state index in [4.69, 9.17) is 0 Å². The summed E-state index contributed by atoms with van der Waals surface area (Å²) in [6, 6.07) is 81.6. The standard InChI is InChI=1S/C54H37N/c1-3-15-40(16-4-1)49-22-11-12-23-52(49)54-51(41-17-5-2-6-18-41)24-13-25-53(54)55(47-34-35-50-45(37-47)29-27-42-19-9-10-21-48(42)50)46-32-30-39(31-33-46)44-28-26-38-14-7-8-20-43(38)36-44/h1-37H. The summed E-state index contributed by atoms with van der Waals surface area (Å²) in [6.07, 6.45) is 0. The molecule has 0 spiro atoms. The molecule has 0 aliphatic rings. The lowest BCUT2D eigenvalue weighted by Gasteiger charge is -2.30. The van der Waals surface area contributed by atoms with Gasteiger partial charge in [-0.3, -0.25) is 0 Å². The maximum absolute atomic E-state index is 2.45. The first-order chi connectivity index (χ1) is 27.3. The summed E-state index contributed by atoms with van der Waals surface area (Å²) in [6.45, 7) is 0. The lowest BCUT2D eigenvalue weighted by atomic mass is 9.87. The van der Waals surface area contributed by atoms with Gasteiger partial charge in [-0.05, 0) is 108 Å².